The van der Waals surface area contributed by atoms with Gasteiger partial charge in [-0.15, -0.1) is 0 Å². The van der Waals surface area contributed by atoms with Crippen LogP contribution in [0.5, 0.6) is 0 Å². The topological polar surface area (TPSA) is 119 Å². The third kappa shape index (κ3) is 1.90. The third-order valence-electron chi connectivity index (χ3n) is 3.15. The summed E-state index contributed by atoms with van der Waals surface area (Å²) in [6.45, 7) is -0.250. The Hall–Kier alpha value is -1.25. The monoisotopic (exact) mass is 330 g/mol. The predicted molar refractivity (Wildman–Crippen MR) is 66.2 cm³/mol. The molecule has 2 aromatic rings. The second-order valence-corrected chi connectivity index (χ2v) is 5.43. The number of aliphatic hydroxyl groups excluding tert-OH is 2. The first-order valence-electron chi connectivity index (χ1n) is 5.66. The van der Waals surface area contributed by atoms with E-state index in [2.05, 4.69) is 31.0 Å². The molecule has 1 saturated heterocycles. The van der Waals surface area contributed by atoms with Gasteiger partial charge in [-0.05, 0) is 0 Å². The molecular weight excluding hydrogens is 317 g/mol. The van der Waals surface area contributed by atoms with Crippen LogP contribution in [0.3, 0.4) is 0 Å². The molecule has 8 nitrogen and oxygen atoms in total. The van der Waals surface area contributed by atoms with Gasteiger partial charge in [-0.1, -0.05) is 0 Å². The summed E-state index contributed by atoms with van der Waals surface area (Å²) in [5, 5.41) is 19.1. The Bertz CT molecular complexity index is 606. The molecule has 1 aliphatic heterocycles. The number of imidazole rings is 1. The van der Waals surface area contributed by atoms with Gasteiger partial charge in [0.05, 0.1) is 0 Å². The Morgan fingerprint density at radius 1 is 1.42 bits per heavy atom. The molecule has 0 spiro atoms. The Morgan fingerprint density at radius 3 is 2.89 bits per heavy atom. The molecular formula is C10H12N5O3Se. The predicted octanol–water partition coefficient (Wildman–Crippen LogP) is -1.38. The quantitative estimate of drug-likeness (QED) is 0.581. The number of aliphatic hydroxyl groups is 2. The van der Waals surface area contributed by atoms with Gasteiger partial charge in [-0.25, -0.2) is 0 Å². The van der Waals surface area contributed by atoms with Crippen LogP contribution in [0, 0.1) is 0 Å². The van der Waals surface area contributed by atoms with Crippen LogP contribution in [0.1, 0.15) is 6.23 Å². The Labute approximate surface area is 116 Å². The Kier molecular flexibility index (Phi) is 3.15. The van der Waals surface area contributed by atoms with E-state index in [1.54, 1.807) is 4.57 Å². The second-order valence-electron chi connectivity index (χ2n) is 4.29. The molecule has 0 aliphatic carbocycles. The van der Waals surface area contributed by atoms with Gasteiger partial charge < -0.3 is 0 Å². The summed E-state index contributed by atoms with van der Waals surface area (Å²) in [7, 11) is 0. The number of nitrogens with zero attached hydrogens (tertiary/aromatic N) is 4. The molecule has 4 N–H and O–H groups in total. The minimum atomic E-state index is -0.786. The number of ether oxygens (including phenoxy) is 1. The minimum absolute atomic E-state index is 0.250. The van der Waals surface area contributed by atoms with Crippen molar-refractivity contribution < 1.29 is 14.9 Å². The zero-order valence-corrected chi connectivity index (χ0v) is 11.5. The van der Waals surface area contributed by atoms with Crippen molar-refractivity contribution in [2.24, 2.45) is 0 Å². The van der Waals surface area contributed by atoms with E-state index in [9.17, 15) is 5.11 Å². The van der Waals surface area contributed by atoms with Crippen LogP contribution in [0.2, 0.25) is 4.82 Å². The van der Waals surface area contributed by atoms with Crippen LogP contribution in [-0.2, 0) is 4.74 Å². The van der Waals surface area contributed by atoms with Crippen molar-refractivity contribution in [2.45, 2.75) is 23.3 Å². The summed E-state index contributed by atoms with van der Waals surface area (Å²) in [6, 6.07) is 0. The Balaban J connectivity index is 2.04. The van der Waals surface area contributed by atoms with Crippen molar-refractivity contribution in [2.75, 3.05) is 12.3 Å². The maximum atomic E-state index is 9.95. The van der Waals surface area contributed by atoms with Gasteiger partial charge in [-0.3, -0.25) is 0 Å². The fourth-order valence-corrected chi connectivity index (χ4v) is 2.93. The van der Waals surface area contributed by atoms with E-state index in [0.29, 0.717) is 11.2 Å². The molecule has 19 heavy (non-hydrogen) atoms. The zero-order valence-electron chi connectivity index (χ0n) is 9.75. The van der Waals surface area contributed by atoms with Gasteiger partial charge in [0.15, 0.2) is 0 Å². The molecule has 0 amide bonds. The van der Waals surface area contributed by atoms with Gasteiger partial charge in [0, 0.05) is 0 Å². The molecule has 0 unspecified atom stereocenters. The van der Waals surface area contributed by atoms with E-state index in [4.69, 9.17) is 15.6 Å². The molecule has 1 radical (unpaired) electrons. The van der Waals surface area contributed by atoms with Crippen LogP contribution in [0.4, 0.5) is 5.82 Å². The third-order valence-corrected chi connectivity index (χ3v) is 4.23. The van der Waals surface area contributed by atoms with E-state index < -0.39 is 18.4 Å². The van der Waals surface area contributed by atoms with E-state index in [0.717, 1.165) is 0 Å². The molecule has 1 fully saturated rings. The number of nitrogen functional groups attached to an aromatic ring is 1. The van der Waals surface area contributed by atoms with E-state index in [1.807, 2.05) is 0 Å². The zero-order chi connectivity index (χ0) is 13.6. The number of anilines is 1. The number of hydrogen-bond donors (Lipinski definition) is 3. The second kappa shape index (κ2) is 4.69. The van der Waals surface area contributed by atoms with Gasteiger partial charge in [0.1, 0.15) is 0 Å². The van der Waals surface area contributed by atoms with Crippen molar-refractivity contribution in [1.29, 1.82) is 0 Å². The fraction of sp³-hybridized carbons (Fsp3) is 0.500. The summed E-state index contributed by atoms with van der Waals surface area (Å²) in [5.41, 5.74) is 6.74. The molecule has 101 valence electrons. The first-order chi connectivity index (χ1) is 9.13. The summed E-state index contributed by atoms with van der Waals surface area (Å²) in [6.07, 6.45) is 0.974. The Morgan fingerprint density at radius 2 is 2.21 bits per heavy atom. The average Bonchev–Trinajstić information content (AvgIpc) is 2.94. The van der Waals surface area contributed by atoms with Crippen molar-refractivity contribution in [3.8, 4) is 0 Å². The molecule has 2 aromatic heterocycles. The number of aromatic nitrogens is 4. The van der Waals surface area contributed by atoms with Gasteiger partial charge in [0.25, 0.3) is 0 Å². The number of nitrogens with two attached hydrogens (primary N) is 1. The van der Waals surface area contributed by atoms with Gasteiger partial charge in [-0.2, -0.15) is 0 Å². The average molecular weight is 329 g/mol. The molecule has 0 saturated carbocycles. The standard InChI is InChI=1S/C10H12N5O3Se/c11-8-5-9(13-2-12-8)15(3-14-5)10-7(19)6(17)4(1-16)18-10/h2-4,6-7,10,16-17H,1H2,(H2,11,12,13)/t4-,6-,7-,10-/m1/s1. The summed E-state index contributed by atoms with van der Waals surface area (Å²) in [5.74, 6) is 0.289. The van der Waals surface area contributed by atoms with Crippen LogP contribution in [0.25, 0.3) is 11.2 Å². The number of rotatable bonds is 2. The van der Waals surface area contributed by atoms with Crippen LogP contribution in [0.15, 0.2) is 12.7 Å². The normalized spacial score (nSPS) is 31.1. The van der Waals surface area contributed by atoms with Gasteiger partial charge in [0.2, 0.25) is 0 Å². The molecule has 1 aliphatic rings. The maximum absolute atomic E-state index is 9.95. The SMILES string of the molecule is Nc1ncnc2c1ncn2[C@@H]1O[C@H](CO)[C@@H](O)[C@H]1[Se]. The number of fused-ring (bicyclic) bond motifs is 1. The summed E-state index contributed by atoms with van der Waals surface area (Å²) >= 11 is 2.86. The van der Waals surface area contributed by atoms with E-state index in [1.165, 1.54) is 12.7 Å². The number of hydrogen-bond acceptors (Lipinski definition) is 7. The van der Waals surface area contributed by atoms with Crippen LogP contribution in [-0.4, -0.2) is 64.6 Å². The molecule has 9 heteroatoms. The summed E-state index contributed by atoms with van der Waals surface area (Å²) < 4.78 is 7.29. The molecule has 3 rings (SSSR count). The van der Waals surface area contributed by atoms with Crippen molar-refractivity contribution in [1.82, 2.24) is 19.5 Å². The molecule has 4 atom stereocenters. The first kappa shape index (κ1) is 12.8. The van der Waals surface area contributed by atoms with Crippen molar-refractivity contribution >= 4 is 33.0 Å². The fourth-order valence-electron chi connectivity index (χ4n) is 2.15. The molecule has 0 bridgehead atoms. The van der Waals surface area contributed by atoms with E-state index in [-0.39, 0.29) is 17.2 Å². The van der Waals surface area contributed by atoms with Gasteiger partial charge >= 0.3 is 116 Å². The van der Waals surface area contributed by atoms with Crippen LogP contribution >= 0.6 is 0 Å². The van der Waals surface area contributed by atoms with E-state index >= 15 is 0 Å². The van der Waals surface area contributed by atoms with Crippen LogP contribution < -0.4 is 5.73 Å². The first-order valence-corrected chi connectivity index (χ1v) is 6.65. The van der Waals surface area contributed by atoms with Crippen molar-refractivity contribution in [3.05, 3.63) is 12.7 Å². The molecule has 0 aromatic carbocycles. The summed E-state index contributed by atoms with van der Waals surface area (Å²) in [4.78, 5) is 11.8. The molecule has 3 heterocycles. The van der Waals surface area contributed by atoms with Crippen molar-refractivity contribution in [3.63, 3.8) is 0 Å².